The first kappa shape index (κ1) is 47.4. The highest BCUT2D eigenvalue weighted by atomic mass is 16.4. The first-order valence-electron chi connectivity index (χ1n) is 18.7. The van der Waals surface area contributed by atoms with E-state index in [0.29, 0.717) is 17.5 Å². The quantitative estimate of drug-likeness (QED) is 0.0502. The maximum absolute atomic E-state index is 13.9. The molecule has 0 bridgehead atoms. The van der Waals surface area contributed by atoms with Crippen molar-refractivity contribution in [2.75, 3.05) is 26.2 Å². The van der Waals surface area contributed by atoms with Gasteiger partial charge in [-0.3, -0.25) is 43.2 Å². The summed E-state index contributed by atoms with van der Waals surface area (Å²) in [5.41, 5.74) is 11.7. The van der Waals surface area contributed by atoms with Crippen molar-refractivity contribution < 1.29 is 63.3 Å². The van der Waals surface area contributed by atoms with Gasteiger partial charge in [-0.2, -0.15) is 0 Å². The molecule has 1 fully saturated rings. The van der Waals surface area contributed by atoms with Gasteiger partial charge in [0.2, 0.25) is 47.3 Å². The number of nitrogens with zero attached hydrogens (tertiary/aromatic N) is 1. The summed E-state index contributed by atoms with van der Waals surface area (Å²) in [5, 5.41) is 42.3. The molecule has 22 nitrogen and oxygen atoms in total. The van der Waals surface area contributed by atoms with E-state index in [4.69, 9.17) is 16.6 Å². The monoisotopic (exact) mass is 839 g/mol. The molecule has 60 heavy (non-hydrogen) atoms. The van der Waals surface area contributed by atoms with E-state index >= 15 is 0 Å². The lowest BCUT2D eigenvalue weighted by atomic mass is 10.0. The maximum Gasteiger partial charge on any atom is 0.326 e. The second kappa shape index (κ2) is 23.5. The van der Waals surface area contributed by atoms with Gasteiger partial charge < -0.3 is 63.6 Å². The summed E-state index contributed by atoms with van der Waals surface area (Å²) in [4.78, 5) is 128. The van der Waals surface area contributed by atoms with Gasteiger partial charge in [-0.25, -0.2) is 4.79 Å². The normalized spacial score (nSPS) is 15.8. The van der Waals surface area contributed by atoms with E-state index in [2.05, 4.69) is 31.9 Å². The molecule has 1 heterocycles. The first-order chi connectivity index (χ1) is 28.5. The molecule has 0 radical (unpaired) electrons. The standard InChI is InChI=1S/C38H49N9O13/c39-23(20-48)33(54)44-26(16-29(40)49)34(55)42-18-30(50)41-19-31(51)43-24(14-21-8-3-1-4-9-21)35(56)45-25(15-22-10-5-2-6-11-22)36(57)46-27(17-32(52)53)37(58)47-13-7-12-28(47)38(59)60/h1-6,8-11,23-28,48H,7,12-20,39H2,(H2,40,49)(H,41,50)(H,42,55)(H,43,51)(H,44,54)(H,45,56)(H,46,57)(H,52,53)(H,59,60)/t23-,24-,25-,26-,27-,28-/m0/s1. The number of carbonyl (C=O) groups is 10. The fourth-order valence-corrected chi connectivity index (χ4v) is 6.07. The number of aliphatic carboxylic acids is 2. The van der Waals surface area contributed by atoms with Gasteiger partial charge >= 0.3 is 11.9 Å². The molecule has 324 valence electrons. The molecular weight excluding hydrogens is 790 g/mol. The smallest absolute Gasteiger partial charge is 0.326 e. The number of rotatable bonds is 23. The Morgan fingerprint density at radius 1 is 0.650 bits per heavy atom. The van der Waals surface area contributed by atoms with Gasteiger partial charge in [0, 0.05) is 19.4 Å². The molecule has 2 aromatic rings. The van der Waals surface area contributed by atoms with Gasteiger partial charge in [0.25, 0.3) is 0 Å². The number of carboxylic acids is 2. The summed E-state index contributed by atoms with van der Waals surface area (Å²) >= 11 is 0. The number of nitrogens with two attached hydrogens (primary N) is 2. The Labute approximate surface area is 343 Å². The van der Waals surface area contributed by atoms with Crippen LogP contribution in [0.5, 0.6) is 0 Å². The van der Waals surface area contributed by atoms with Gasteiger partial charge in [-0.1, -0.05) is 60.7 Å². The van der Waals surface area contributed by atoms with E-state index in [0.717, 1.165) is 4.90 Å². The van der Waals surface area contributed by atoms with Crippen molar-refractivity contribution in [3.05, 3.63) is 71.8 Å². The second-order valence-corrected chi connectivity index (χ2v) is 13.8. The van der Waals surface area contributed by atoms with Crippen molar-refractivity contribution in [2.24, 2.45) is 11.5 Å². The topological polar surface area (TPSA) is 359 Å². The molecule has 2 aromatic carbocycles. The lowest BCUT2D eigenvalue weighted by Gasteiger charge is -2.28. The van der Waals surface area contributed by atoms with Crippen molar-refractivity contribution in [3.63, 3.8) is 0 Å². The van der Waals surface area contributed by atoms with E-state index in [1.807, 2.05) is 0 Å². The minimum absolute atomic E-state index is 0.0285. The van der Waals surface area contributed by atoms with Gasteiger partial charge in [0.15, 0.2) is 0 Å². The van der Waals surface area contributed by atoms with Crippen LogP contribution in [0, 0.1) is 0 Å². The summed E-state index contributed by atoms with van der Waals surface area (Å²) in [5.74, 6) is -10.2. The first-order valence-corrected chi connectivity index (χ1v) is 18.7. The number of amides is 8. The van der Waals surface area contributed by atoms with Crippen molar-refractivity contribution in [1.82, 2.24) is 36.8 Å². The van der Waals surface area contributed by atoms with Gasteiger partial charge in [0.05, 0.1) is 32.5 Å². The number of benzene rings is 2. The highest BCUT2D eigenvalue weighted by molar-refractivity contribution is 5.98. The van der Waals surface area contributed by atoms with Crippen LogP contribution >= 0.6 is 0 Å². The number of carbonyl (C=O) groups excluding carboxylic acids is 8. The number of nitrogens with one attached hydrogen (secondary N) is 6. The molecule has 0 aromatic heterocycles. The molecular formula is C38H49N9O13. The molecule has 0 saturated carbocycles. The SMILES string of the molecule is NC(=O)C[C@H](NC(=O)[C@@H](N)CO)C(=O)NCC(=O)NCC(=O)N[C@@H](Cc1ccccc1)C(=O)N[C@@H](Cc1ccccc1)C(=O)N[C@@H](CC(=O)O)C(=O)N1CCC[C@H]1C(=O)O. The van der Waals surface area contributed by atoms with Crippen molar-refractivity contribution in [1.29, 1.82) is 0 Å². The van der Waals surface area contributed by atoms with E-state index < -0.39 is 128 Å². The Bertz CT molecular complexity index is 1880. The van der Waals surface area contributed by atoms with Crippen LogP contribution < -0.4 is 43.4 Å². The molecule has 1 saturated heterocycles. The third-order valence-electron chi connectivity index (χ3n) is 9.11. The molecule has 6 atom stereocenters. The van der Waals surface area contributed by atoms with Crippen LogP contribution in [0.15, 0.2) is 60.7 Å². The average Bonchev–Trinajstić information content (AvgIpc) is 3.71. The van der Waals surface area contributed by atoms with E-state index in [-0.39, 0.29) is 25.8 Å². The van der Waals surface area contributed by atoms with Crippen LogP contribution in [-0.2, 0) is 60.8 Å². The summed E-state index contributed by atoms with van der Waals surface area (Å²) in [6.45, 7) is -2.16. The Balaban J connectivity index is 1.75. The predicted octanol–water partition coefficient (Wildman–Crippen LogP) is -4.61. The highest BCUT2D eigenvalue weighted by Crippen LogP contribution is 2.19. The van der Waals surface area contributed by atoms with Crippen LogP contribution in [0.2, 0.25) is 0 Å². The van der Waals surface area contributed by atoms with Crippen molar-refractivity contribution in [3.8, 4) is 0 Å². The predicted molar refractivity (Wildman–Crippen MR) is 208 cm³/mol. The van der Waals surface area contributed by atoms with Crippen molar-refractivity contribution >= 4 is 59.2 Å². The fraction of sp³-hybridized carbons (Fsp3) is 0.421. The number of primary amides is 1. The van der Waals surface area contributed by atoms with Gasteiger partial charge in [0.1, 0.15) is 36.3 Å². The highest BCUT2D eigenvalue weighted by Gasteiger charge is 2.39. The molecule has 1 aliphatic heterocycles. The summed E-state index contributed by atoms with van der Waals surface area (Å²) in [7, 11) is 0. The lowest BCUT2D eigenvalue weighted by Crippen LogP contribution is -2.59. The number of hydrogen-bond acceptors (Lipinski definition) is 12. The zero-order chi connectivity index (χ0) is 44.4. The fourth-order valence-electron chi connectivity index (χ4n) is 6.07. The largest absolute Gasteiger partial charge is 0.481 e. The van der Waals surface area contributed by atoms with Crippen molar-refractivity contribution in [2.45, 2.75) is 74.8 Å². The number of hydrogen-bond donors (Lipinski definition) is 11. The maximum atomic E-state index is 13.9. The molecule has 0 spiro atoms. The summed E-state index contributed by atoms with van der Waals surface area (Å²) in [6, 6.07) is 8.13. The van der Waals surface area contributed by atoms with Crippen LogP contribution in [0.3, 0.4) is 0 Å². The van der Waals surface area contributed by atoms with Crippen LogP contribution in [0.1, 0.15) is 36.8 Å². The third kappa shape index (κ3) is 15.4. The van der Waals surface area contributed by atoms with Gasteiger partial charge in [-0.15, -0.1) is 0 Å². The Kier molecular flexibility index (Phi) is 18.5. The van der Waals surface area contributed by atoms with Crippen LogP contribution in [0.25, 0.3) is 0 Å². The second-order valence-electron chi connectivity index (χ2n) is 13.8. The summed E-state index contributed by atoms with van der Waals surface area (Å²) in [6.07, 6.45) is -1.32. The summed E-state index contributed by atoms with van der Waals surface area (Å²) < 4.78 is 0. The van der Waals surface area contributed by atoms with Crippen LogP contribution in [-0.4, -0.2) is 142 Å². The molecule has 0 aliphatic carbocycles. The zero-order valence-corrected chi connectivity index (χ0v) is 32.3. The number of likely N-dealkylation sites (tertiary alicyclic amines) is 1. The van der Waals surface area contributed by atoms with E-state index in [9.17, 15) is 58.2 Å². The third-order valence-corrected chi connectivity index (χ3v) is 9.11. The van der Waals surface area contributed by atoms with E-state index in [1.165, 1.54) is 0 Å². The minimum Gasteiger partial charge on any atom is -0.481 e. The molecule has 1 aliphatic rings. The molecule has 3 rings (SSSR count). The average molecular weight is 840 g/mol. The van der Waals surface area contributed by atoms with Crippen LogP contribution in [0.4, 0.5) is 0 Å². The molecule has 13 N–H and O–H groups in total. The molecule has 8 amide bonds. The Morgan fingerprint density at radius 3 is 1.68 bits per heavy atom. The Hall–Kier alpha value is -6.94. The number of carboxylic acid groups (broad SMARTS) is 2. The minimum atomic E-state index is -1.68. The van der Waals surface area contributed by atoms with E-state index in [1.54, 1.807) is 60.7 Å². The number of aliphatic hydroxyl groups is 1. The zero-order valence-electron chi connectivity index (χ0n) is 32.3. The molecule has 0 unspecified atom stereocenters. The Morgan fingerprint density at radius 2 is 1.17 bits per heavy atom. The number of aliphatic hydroxyl groups excluding tert-OH is 1. The lowest BCUT2D eigenvalue weighted by molar-refractivity contribution is -0.150. The molecule has 22 heteroatoms. The van der Waals surface area contributed by atoms with Gasteiger partial charge in [-0.05, 0) is 24.0 Å².